The van der Waals surface area contributed by atoms with Crippen molar-refractivity contribution >= 4 is 0 Å². The van der Waals surface area contributed by atoms with E-state index in [1.54, 1.807) is 6.07 Å². The fourth-order valence-corrected chi connectivity index (χ4v) is 6.56. The van der Waals surface area contributed by atoms with Crippen LogP contribution in [0.1, 0.15) is 126 Å². The first-order valence-electron chi connectivity index (χ1n) is 16.2. The summed E-state index contributed by atoms with van der Waals surface area (Å²) in [5, 5.41) is 0. The molecule has 39 heavy (non-hydrogen) atoms. The standard InChI is InChI=1S/C36H53FO2/c1-3-4-5-8-29-12-21-34(22-13-29)38-25-6-7-26-39-35-23-14-30(15-24-35)11-18-32-19-20-33(27-36(32)37)31-16-9-28(2)10-17-31/h14-15,19-20,23-24,27-29,31,34H,3-13,16-18,21-22,25-26H2,1-2H3. The Morgan fingerprint density at radius 1 is 0.769 bits per heavy atom. The number of benzene rings is 2. The molecular weight excluding hydrogens is 483 g/mol. The molecule has 2 aliphatic rings. The average molecular weight is 537 g/mol. The van der Waals surface area contributed by atoms with E-state index >= 15 is 0 Å². The Kier molecular flexibility index (Phi) is 12.7. The van der Waals surface area contributed by atoms with Gasteiger partial charge in [-0.15, -0.1) is 0 Å². The molecule has 2 saturated carbocycles. The molecule has 2 fully saturated rings. The number of rotatable bonds is 15. The van der Waals surface area contributed by atoms with Crippen molar-refractivity contribution in [2.24, 2.45) is 11.8 Å². The van der Waals surface area contributed by atoms with Crippen LogP contribution in [0.2, 0.25) is 0 Å². The molecule has 0 spiro atoms. The van der Waals surface area contributed by atoms with Gasteiger partial charge in [0.1, 0.15) is 11.6 Å². The van der Waals surface area contributed by atoms with Gasteiger partial charge in [0.2, 0.25) is 0 Å². The minimum atomic E-state index is -0.0369. The van der Waals surface area contributed by atoms with E-state index in [1.807, 2.05) is 18.2 Å². The number of halogens is 1. The molecule has 0 N–H and O–H groups in total. The summed E-state index contributed by atoms with van der Waals surface area (Å²) >= 11 is 0. The van der Waals surface area contributed by atoms with Gasteiger partial charge in [-0.2, -0.15) is 0 Å². The molecule has 0 unspecified atom stereocenters. The van der Waals surface area contributed by atoms with Crippen molar-refractivity contribution in [3.05, 3.63) is 65.0 Å². The molecule has 2 nitrogen and oxygen atoms in total. The van der Waals surface area contributed by atoms with Gasteiger partial charge in [0.05, 0.1) is 12.7 Å². The summed E-state index contributed by atoms with van der Waals surface area (Å²) < 4.78 is 26.9. The summed E-state index contributed by atoms with van der Waals surface area (Å²) in [5.41, 5.74) is 3.24. The predicted molar refractivity (Wildman–Crippen MR) is 161 cm³/mol. The summed E-state index contributed by atoms with van der Waals surface area (Å²) in [5.74, 6) is 3.18. The molecule has 0 radical (unpaired) electrons. The lowest BCUT2D eigenvalue weighted by atomic mass is 9.79. The van der Waals surface area contributed by atoms with Crippen LogP contribution >= 0.6 is 0 Å². The van der Waals surface area contributed by atoms with Gasteiger partial charge in [0.25, 0.3) is 0 Å². The highest BCUT2D eigenvalue weighted by molar-refractivity contribution is 5.30. The topological polar surface area (TPSA) is 18.5 Å². The van der Waals surface area contributed by atoms with Gasteiger partial charge in [-0.05, 0) is 117 Å². The zero-order valence-corrected chi connectivity index (χ0v) is 24.8. The van der Waals surface area contributed by atoms with Crippen LogP contribution in [0.3, 0.4) is 0 Å². The van der Waals surface area contributed by atoms with Crippen molar-refractivity contribution in [2.75, 3.05) is 13.2 Å². The Bertz CT molecular complexity index is 939. The summed E-state index contributed by atoms with van der Waals surface area (Å²) in [6.45, 7) is 6.19. The Hall–Kier alpha value is -1.87. The van der Waals surface area contributed by atoms with Gasteiger partial charge in [0, 0.05) is 6.61 Å². The second kappa shape index (κ2) is 16.4. The van der Waals surface area contributed by atoms with Gasteiger partial charge in [0.15, 0.2) is 0 Å². The van der Waals surface area contributed by atoms with Gasteiger partial charge in [-0.25, -0.2) is 4.39 Å². The molecule has 0 bridgehead atoms. The first kappa shape index (κ1) is 30.1. The van der Waals surface area contributed by atoms with Gasteiger partial charge >= 0.3 is 0 Å². The van der Waals surface area contributed by atoms with E-state index in [-0.39, 0.29) is 5.82 Å². The van der Waals surface area contributed by atoms with E-state index in [0.717, 1.165) is 62.0 Å². The third kappa shape index (κ3) is 10.2. The SMILES string of the molecule is CCCCCC1CCC(OCCCCOc2ccc(CCc3ccc(C4CCC(C)CC4)cc3F)cc2)CC1. The summed E-state index contributed by atoms with van der Waals surface area (Å²) in [6.07, 6.45) is 19.8. The molecule has 2 aromatic carbocycles. The fourth-order valence-electron chi connectivity index (χ4n) is 6.56. The Morgan fingerprint density at radius 2 is 1.51 bits per heavy atom. The van der Waals surface area contributed by atoms with E-state index in [2.05, 4.69) is 32.0 Å². The highest BCUT2D eigenvalue weighted by Crippen LogP contribution is 2.36. The van der Waals surface area contributed by atoms with Crippen LogP contribution < -0.4 is 4.74 Å². The first-order valence-corrected chi connectivity index (χ1v) is 16.2. The number of ether oxygens (including phenoxy) is 2. The molecule has 2 aromatic rings. The summed E-state index contributed by atoms with van der Waals surface area (Å²) in [6, 6.07) is 14.3. The largest absolute Gasteiger partial charge is 0.494 e. The number of hydrogen-bond acceptors (Lipinski definition) is 2. The lowest BCUT2D eigenvalue weighted by molar-refractivity contribution is 0.0142. The minimum Gasteiger partial charge on any atom is -0.494 e. The fraction of sp³-hybridized carbons (Fsp3) is 0.667. The Morgan fingerprint density at radius 3 is 2.23 bits per heavy atom. The summed E-state index contributed by atoms with van der Waals surface area (Å²) in [4.78, 5) is 0. The lowest BCUT2D eigenvalue weighted by Crippen LogP contribution is -2.22. The van der Waals surface area contributed by atoms with Crippen LogP contribution in [-0.2, 0) is 17.6 Å². The van der Waals surface area contributed by atoms with Crippen molar-refractivity contribution in [1.29, 1.82) is 0 Å². The third-order valence-electron chi connectivity index (χ3n) is 9.34. The highest BCUT2D eigenvalue weighted by atomic mass is 19.1. The molecule has 0 aromatic heterocycles. The molecule has 2 aliphatic carbocycles. The normalized spacial score (nSPS) is 23.6. The first-order chi connectivity index (χ1) is 19.1. The van der Waals surface area contributed by atoms with Crippen molar-refractivity contribution in [1.82, 2.24) is 0 Å². The molecule has 3 heteroatoms. The van der Waals surface area contributed by atoms with Crippen molar-refractivity contribution < 1.29 is 13.9 Å². The average Bonchev–Trinajstić information content (AvgIpc) is 2.96. The monoisotopic (exact) mass is 536 g/mol. The highest BCUT2D eigenvalue weighted by Gasteiger charge is 2.22. The molecule has 4 rings (SSSR count). The molecule has 0 atom stereocenters. The van der Waals surface area contributed by atoms with Crippen molar-refractivity contribution in [3.63, 3.8) is 0 Å². The molecule has 0 saturated heterocycles. The maximum atomic E-state index is 14.8. The quantitative estimate of drug-likeness (QED) is 0.211. The van der Waals surface area contributed by atoms with Crippen LogP contribution in [0.4, 0.5) is 4.39 Å². The van der Waals surface area contributed by atoms with Crippen molar-refractivity contribution in [2.45, 2.75) is 129 Å². The lowest BCUT2D eigenvalue weighted by Gasteiger charge is -2.28. The maximum absolute atomic E-state index is 14.8. The second-order valence-electron chi connectivity index (χ2n) is 12.5. The van der Waals surface area contributed by atoms with E-state index in [1.165, 1.54) is 88.2 Å². The number of unbranched alkanes of at least 4 members (excludes halogenated alkanes) is 3. The molecular formula is C36H53FO2. The molecule has 0 amide bonds. The smallest absolute Gasteiger partial charge is 0.126 e. The number of aryl methyl sites for hydroxylation is 2. The summed E-state index contributed by atoms with van der Waals surface area (Å²) in [7, 11) is 0. The van der Waals surface area contributed by atoms with E-state index in [4.69, 9.17) is 9.47 Å². The third-order valence-corrected chi connectivity index (χ3v) is 9.34. The van der Waals surface area contributed by atoms with E-state index < -0.39 is 0 Å². The zero-order valence-electron chi connectivity index (χ0n) is 24.8. The van der Waals surface area contributed by atoms with Gasteiger partial charge in [-0.3, -0.25) is 0 Å². The van der Waals surface area contributed by atoms with Crippen molar-refractivity contribution in [3.8, 4) is 5.75 Å². The Balaban J connectivity index is 1.07. The maximum Gasteiger partial charge on any atom is 0.126 e. The van der Waals surface area contributed by atoms with E-state index in [0.29, 0.717) is 12.0 Å². The van der Waals surface area contributed by atoms with Gasteiger partial charge in [-0.1, -0.05) is 76.6 Å². The Labute approximate surface area is 238 Å². The van der Waals surface area contributed by atoms with Crippen LogP contribution in [-0.4, -0.2) is 19.3 Å². The van der Waals surface area contributed by atoms with Crippen LogP contribution in [0, 0.1) is 17.7 Å². The molecule has 0 aliphatic heterocycles. The predicted octanol–water partition coefficient (Wildman–Crippen LogP) is 10.2. The van der Waals surface area contributed by atoms with Crippen LogP contribution in [0.15, 0.2) is 42.5 Å². The van der Waals surface area contributed by atoms with Crippen LogP contribution in [0.5, 0.6) is 5.75 Å². The van der Waals surface area contributed by atoms with Crippen LogP contribution in [0.25, 0.3) is 0 Å². The second-order valence-corrected chi connectivity index (χ2v) is 12.5. The van der Waals surface area contributed by atoms with Gasteiger partial charge < -0.3 is 9.47 Å². The molecule has 216 valence electrons. The zero-order chi connectivity index (χ0) is 27.3. The minimum absolute atomic E-state index is 0.0369. The van der Waals surface area contributed by atoms with E-state index in [9.17, 15) is 4.39 Å². The molecule has 0 heterocycles. The number of hydrogen-bond donors (Lipinski definition) is 0.